The Morgan fingerprint density at radius 2 is 2.06 bits per heavy atom. The highest BCUT2D eigenvalue weighted by Crippen LogP contribution is 2.45. The van der Waals surface area contributed by atoms with Gasteiger partial charge in [0.25, 0.3) is 0 Å². The maximum absolute atomic E-state index is 10.9. The van der Waals surface area contributed by atoms with Crippen LogP contribution in [0.3, 0.4) is 0 Å². The SMILES string of the molecule is COc1ccc(Cl)cc1C1(O)CCC(C)C(C)C1. The van der Waals surface area contributed by atoms with Crippen LogP contribution in [0.15, 0.2) is 18.2 Å². The Morgan fingerprint density at radius 1 is 1.33 bits per heavy atom. The summed E-state index contributed by atoms with van der Waals surface area (Å²) < 4.78 is 5.36. The van der Waals surface area contributed by atoms with Crippen LogP contribution < -0.4 is 4.74 Å². The first-order valence-electron chi connectivity index (χ1n) is 6.52. The van der Waals surface area contributed by atoms with Gasteiger partial charge in [-0.2, -0.15) is 0 Å². The number of ether oxygens (including phenoxy) is 1. The molecule has 3 unspecified atom stereocenters. The quantitative estimate of drug-likeness (QED) is 0.879. The molecule has 0 aromatic heterocycles. The number of hydrogen-bond acceptors (Lipinski definition) is 2. The van der Waals surface area contributed by atoms with Crippen LogP contribution in [-0.2, 0) is 5.60 Å². The minimum absolute atomic E-state index is 0.507. The standard InChI is InChI=1S/C15H21ClO2/c1-10-6-7-15(17,9-11(10)2)13-8-12(16)4-5-14(13)18-3/h4-5,8,10-11,17H,6-7,9H2,1-3H3. The van der Waals surface area contributed by atoms with Gasteiger partial charge in [0.15, 0.2) is 0 Å². The van der Waals surface area contributed by atoms with Crippen molar-refractivity contribution in [3.05, 3.63) is 28.8 Å². The largest absolute Gasteiger partial charge is 0.496 e. The maximum atomic E-state index is 10.9. The second-order valence-corrected chi connectivity index (χ2v) is 6.01. The second-order valence-electron chi connectivity index (χ2n) is 5.57. The number of rotatable bonds is 2. The van der Waals surface area contributed by atoms with Crippen molar-refractivity contribution in [1.82, 2.24) is 0 Å². The summed E-state index contributed by atoms with van der Waals surface area (Å²) in [6.45, 7) is 4.45. The van der Waals surface area contributed by atoms with Crippen LogP contribution in [0.2, 0.25) is 5.02 Å². The van der Waals surface area contributed by atoms with E-state index in [0.717, 1.165) is 30.6 Å². The Kier molecular flexibility index (Phi) is 3.88. The van der Waals surface area contributed by atoms with Gasteiger partial charge in [-0.3, -0.25) is 0 Å². The minimum Gasteiger partial charge on any atom is -0.496 e. The van der Waals surface area contributed by atoms with E-state index in [-0.39, 0.29) is 0 Å². The summed E-state index contributed by atoms with van der Waals surface area (Å²) in [5, 5.41) is 11.6. The van der Waals surface area contributed by atoms with E-state index in [9.17, 15) is 5.11 Å². The van der Waals surface area contributed by atoms with E-state index in [0.29, 0.717) is 16.9 Å². The fraction of sp³-hybridized carbons (Fsp3) is 0.600. The van der Waals surface area contributed by atoms with Crippen LogP contribution in [0.25, 0.3) is 0 Å². The normalized spacial score (nSPS) is 32.3. The van der Waals surface area contributed by atoms with E-state index < -0.39 is 5.60 Å². The van der Waals surface area contributed by atoms with Crippen molar-refractivity contribution in [2.75, 3.05) is 7.11 Å². The van der Waals surface area contributed by atoms with E-state index in [4.69, 9.17) is 16.3 Å². The zero-order chi connectivity index (χ0) is 13.3. The average molecular weight is 269 g/mol. The predicted octanol–water partition coefficient (Wildman–Crippen LogP) is 3.99. The van der Waals surface area contributed by atoms with Crippen LogP contribution in [0.5, 0.6) is 5.75 Å². The molecular weight excluding hydrogens is 248 g/mol. The molecule has 0 amide bonds. The van der Waals surface area contributed by atoms with Gasteiger partial charge in [0, 0.05) is 10.6 Å². The molecule has 1 aromatic rings. The van der Waals surface area contributed by atoms with Crippen LogP contribution in [0.4, 0.5) is 0 Å². The summed E-state index contributed by atoms with van der Waals surface area (Å²) >= 11 is 6.05. The zero-order valence-corrected chi connectivity index (χ0v) is 12.0. The van der Waals surface area contributed by atoms with Crippen molar-refractivity contribution in [2.45, 2.75) is 38.7 Å². The Labute approximate surface area is 114 Å². The molecule has 1 N–H and O–H groups in total. The first kappa shape index (κ1) is 13.7. The van der Waals surface area contributed by atoms with Crippen molar-refractivity contribution in [2.24, 2.45) is 11.8 Å². The molecule has 3 heteroatoms. The molecule has 1 aliphatic rings. The summed E-state index contributed by atoms with van der Waals surface area (Å²) in [7, 11) is 1.63. The maximum Gasteiger partial charge on any atom is 0.125 e. The Balaban J connectivity index is 2.37. The third-order valence-electron chi connectivity index (χ3n) is 4.31. The molecule has 0 saturated heterocycles. The van der Waals surface area contributed by atoms with Gasteiger partial charge in [0.1, 0.15) is 5.75 Å². The fourth-order valence-corrected chi connectivity index (χ4v) is 3.05. The van der Waals surface area contributed by atoms with Gasteiger partial charge in [-0.1, -0.05) is 25.4 Å². The third kappa shape index (κ3) is 2.50. The van der Waals surface area contributed by atoms with Crippen molar-refractivity contribution >= 4 is 11.6 Å². The van der Waals surface area contributed by atoms with Gasteiger partial charge < -0.3 is 9.84 Å². The van der Waals surface area contributed by atoms with E-state index in [1.54, 1.807) is 13.2 Å². The van der Waals surface area contributed by atoms with Crippen molar-refractivity contribution in [1.29, 1.82) is 0 Å². The summed E-state index contributed by atoms with van der Waals surface area (Å²) in [4.78, 5) is 0. The molecule has 0 bridgehead atoms. The van der Waals surface area contributed by atoms with Gasteiger partial charge in [0.2, 0.25) is 0 Å². The van der Waals surface area contributed by atoms with Crippen molar-refractivity contribution in [3.8, 4) is 5.75 Å². The predicted molar refractivity (Wildman–Crippen MR) is 74.1 cm³/mol. The molecule has 1 aliphatic carbocycles. The lowest BCUT2D eigenvalue weighted by Gasteiger charge is -2.40. The Bertz CT molecular complexity index is 433. The number of hydrogen-bond donors (Lipinski definition) is 1. The minimum atomic E-state index is -0.803. The zero-order valence-electron chi connectivity index (χ0n) is 11.2. The third-order valence-corrected chi connectivity index (χ3v) is 4.54. The first-order valence-corrected chi connectivity index (χ1v) is 6.90. The molecular formula is C15H21ClO2. The second kappa shape index (κ2) is 5.10. The van der Waals surface area contributed by atoms with Gasteiger partial charge in [-0.25, -0.2) is 0 Å². The smallest absolute Gasteiger partial charge is 0.125 e. The molecule has 2 rings (SSSR count). The molecule has 3 atom stereocenters. The molecule has 0 aliphatic heterocycles. The van der Waals surface area contributed by atoms with Gasteiger partial charge in [0.05, 0.1) is 12.7 Å². The summed E-state index contributed by atoms with van der Waals surface area (Å²) in [6.07, 6.45) is 2.58. The number of halogens is 1. The van der Waals surface area contributed by atoms with Gasteiger partial charge >= 0.3 is 0 Å². The molecule has 18 heavy (non-hydrogen) atoms. The lowest BCUT2D eigenvalue weighted by atomic mass is 9.70. The van der Waals surface area contributed by atoms with Gasteiger partial charge in [-0.05, 0) is 49.3 Å². The molecule has 0 heterocycles. The van der Waals surface area contributed by atoms with E-state index in [1.807, 2.05) is 12.1 Å². The van der Waals surface area contributed by atoms with E-state index >= 15 is 0 Å². The first-order chi connectivity index (χ1) is 8.46. The Hall–Kier alpha value is -0.730. The van der Waals surface area contributed by atoms with E-state index in [2.05, 4.69) is 13.8 Å². The molecule has 0 radical (unpaired) electrons. The van der Waals surface area contributed by atoms with Crippen LogP contribution in [-0.4, -0.2) is 12.2 Å². The summed E-state index contributed by atoms with van der Waals surface area (Å²) in [6, 6.07) is 5.46. The molecule has 2 nitrogen and oxygen atoms in total. The highest BCUT2D eigenvalue weighted by atomic mass is 35.5. The summed E-state index contributed by atoms with van der Waals surface area (Å²) in [5.41, 5.74) is 0.0265. The molecule has 1 saturated carbocycles. The van der Waals surface area contributed by atoms with Crippen molar-refractivity contribution < 1.29 is 9.84 Å². The average Bonchev–Trinajstić information content (AvgIpc) is 2.34. The Morgan fingerprint density at radius 3 is 2.67 bits per heavy atom. The van der Waals surface area contributed by atoms with E-state index in [1.165, 1.54) is 0 Å². The molecule has 1 aromatic carbocycles. The topological polar surface area (TPSA) is 29.5 Å². The summed E-state index contributed by atoms with van der Waals surface area (Å²) in [5.74, 6) is 1.89. The van der Waals surface area contributed by atoms with Gasteiger partial charge in [-0.15, -0.1) is 0 Å². The highest BCUT2D eigenvalue weighted by molar-refractivity contribution is 6.30. The highest BCUT2D eigenvalue weighted by Gasteiger charge is 2.39. The number of benzene rings is 1. The molecule has 0 spiro atoms. The van der Waals surface area contributed by atoms with Crippen LogP contribution >= 0.6 is 11.6 Å². The van der Waals surface area contributed by atoms with Crippen LogP contribution in [0, 0.1) is 11.8 Å². The number of aliphatic hydroxyl groups is 1. The lowest BCUT2D eigenvalue weighted by molar-refractivity contribution is -0.0351. The molecule has 100 valence electrons. The lowest BCUT2D eigenvalue weighted by Crippen LogP contribution is -2.35. The van der Waals surface area contributed by atoms with Crippen LogP contribution in [0.1, 0.15) is 38.7 Å². The monoisotopic (exact) mass is 268 g/mol. The molecule has 1 fully saturated rings. The number of methoxy groups -OCH3 is 1. The van der Waals surface area contributed by atoms with Crippen molar-refractivity contribution in [3.63, 3.8) is 0 Å². The fourth-order valence-electron chi connectivity index (χ4n) is 2.88.